The van der Waals surface area contributed by atoms with Gasteiger partial charge in [-0.25, -0.2) is 0 Å². The highest BCUT2D eigenvalue weighted by molar-refractivity contribution is 5.87. The van der Waals surface area contributed by atoms with Crippen molar-refractivity contribution in [3.63, 3.8) is 0 Å². The van der Waals surface area contributed by atoms with Crippen LogP contribution in [0.1, 0.15) is 32.1 Å². The minimum atomic E-state index is -0.596. The second-order valence-electron chi connectivity index (χ2n) is 4.86. The molecular formula is C12H16O3. The minimum absolute atomic E-state index is 0.131. The Kier molecular flexibility index (Phi) is 1.86. The zero-order chi connectivity index (χ0) is 10.5. The van der Waals surface area contributed by atoms with Crippen LogP contribution in [0.25, 0.3) is 0 Å². The molecule has 3 atom stereocenters. The molecular weight excluding hydrogens is 192 g/mol. The van der Waals surface area contributed by atoms with Crippen molar-refractivity contribution in [2.75, 3.05) is 6.61 Å². The molecule has 1 aliphatic carbocycles. The fourth-order valence-electron chi connectivity index (χ4n) is 3.48. The molecule has 3 rings (SSSR count). The van der Waals surface area contributed by atoms with Gasteiger partial charge in [0.1, 0.15) is 5.78 Å². The Labute approximate surface area is 89.4 Å². The van der Waals surface area contributed by atoms with Gasteiger partial charge in [0.25, 0.3) is 0 Å². The number of carbonyl (C=O) groups is 1. The summed E-state index contributed by atoms with van der Waals surface area (Å²) in [5.74, 6) is -0.280. The molecule has 0 aromatic rings. The SMILES string of the molecule is C=CC[C@@]12C[C@H]3CO[C@]1(CCCC2=O)O3. The van der Waals surface area contributed by atoms with Crippen molar-refractivity contribution in [1.82, 2.24) is 0 Å². The third-order valence-electron chi connectivity index (χ3n) is 4.10. The lowest BCUT2D eigenvalue weighted by Crippen LogP contribution is -2.54. The van der Waals surface area contributed by atoms with Crippen LogP contribution in [-0.2, 0) is 14.3 Å². The molecule has 3 aliphatic rings. The van der Waals surface area contributed by atoms with Crippen molar-refractivity contribution in [2.45, 2.75) is 44.0 Å². The van der Waals surface area contributed by atoms with E-state index in [-0.39, 0.29) is 6.10 Å². The van der Waals surface area contributed by atoms with Gasteiger partial charge >= 0.3 is 0 Å². The fraction of sp³-hybridized carbons (Fsp3) is 0.750. The van der Waals surface area contributed by atoms with E-state index in [1.807, 2.05) is 6.08 Å². The summed E-state index contributed by atoms with van der Waals surface area (Å²) in [5, 5.41) is 0. The lowest BCUT2D eigenvalue weighted by Gasteiger charge is -2.45. The predicted molar refractivity (Wildman–Crippen MR) is 54.3 cm³/mol. The van der Waals surface area contributed by atoms with Gasteiger partial charge in [-0.3, -0.25) is 4.79 Å². The van der Waals surface area contributed by atoms with Gasteiger partial charge < -0.3 is 9.47 Å². The van der Waals surface area contributed by atoms with E-state index in [2.05, 4.69) is 6.58 Å². The lowest BCUT2D eigenvalue weighted by atomic mass is 9.64. The molecule has 2 saturated heterocycles. The molecule has 0 radical (unpaired) electrons. The van der Waals surface area contributed by atoms with E-state index in [4.69, 9.17) is 9.47 Å². The molecule has 1 saturated carbocycles. The van der Waals surface area contributed by atoms with E-state index < -0.39 is 11.2 Å². The van der Waals surface area contributed by atoms with Crippen LogP contribution in [0.3, 0.4) is 0 Å². The number of allylic oxidation sites excluding steroid dienone is 1. The molecule has 1 spiro atoms. The molecule has 0 amide bonds. The van der Waals surface area contributed by atoms with Gasteiger partial charge in [0.05, 0.1) is 18.1 Å². The molecule has 82 valence electrons. The molecule has 3 fully saturated rings. The summed E-state index contributed by atoms with van der Waals surface area (Å²) in [6, 6.07) is 0. The number of hydrogen-bond donors (Lipinski definition) is 0. The molecule has 3 heteroatoms. The van der Waals surface area contributed by atoms with Crippen molar-refractivity contribution in [3.8, 4) is 0 Å². The van der Waals surface area contributed by atoms with Crippen LogP contribution < -0.4 is 0 Å². The van der Waals surface area contributed by atoms with Gasteiger partial charge in [0.2, 0.25) is 0 Å². The van der Waals surface area contributed by atoms with Gasteiger partial charge in [-0.1, -0.05) is 6.08 Å². The van der Waals surface area contributed by atoms with E-state index in [0.29, 0.717) is 25.2 Å². The second-order valence-corrected chi connectivity index (χ2v) is 4.86. The molecule has 0 unspecified atom stereocenters. The van der Waals surface area contributed by atoms with Crippen molar-refractivity contribution in [2.24, 2.45) is 5.41 Å². The zero-order valence-electron chi connectivity index (χ0n) is 8.83. The van der Waals surface area contributed by atoms with E-state index >= 15 is 0 Å². The number of carbonyl (C=O) groups excluding carboxylic acids is 1. The van der Waals surface area contributed by atoms with Crippen LogP contribution >= 0.6 is 0 Å². The molecule has 3 nitrogen and oxygen atoms in total. The highest BCUT2D eigenvalue weighted by Gasteiger charge is 2.68. The summed E-state index contributed by atoms with van der Waals surface area (Å²) in [5.41, 5.74) is -0.407. The summed E-state index contributed by atoms with van der Waals surface area (Å²) in [6.07, 6.45) is 5.92. The van der Waals surface area contributed by atoms with Gasteiger partial charge in [0, 0.05) is 12.8 Å². The number of hydrogen-bond acceptors (Lipinski definition) is 3. The average molecular weight is 208 g/mol. The Morgan fingerprint density at radius 3 is 3.20 bits per heavy atom. The van der Waals surface area contributed by atoms with E-state index in [1.165, 1.54) is 0 Å². The molecule has 2 bridgehead atoms. The van der Waals surface area contributed by atoms with Crippen LogP contribution in [0.5, 0.6) is 0 Å². The van der Waals surface area contributed by atoms with Crippen molar-refractivity contribution >= 4 is 5.78 Å². The first kappa shape index (κ1) is 9.55. The first-order chi connectivity index (χ1) is 7.22. The van der Waals surface area contributed by atoms with Gasteiger partial charge in [-0.15, -0.1) is 6.58 Å². The van der Waals surface area contributed by atoms with E-state index in [9.17, 15) is 4.79 Å². The number of rotatable bonds is 2. The molecule has 0 aromatic heterocycles. The maximum absolute atomic E-state index is 12.2. The Morgan fingerprint density at radius 2 is 2.47 bits per heavy atom. The number of Topliss-reactive ketones (excluding diaryl/α,β-unsaturated/α-hetero) is 1. The average Bonchev–Trinajstić information content (AvgIpc) is 2.73. The summed E-state index contributed by atoms with van der Waals surface area (Å²) in [6.45, 7) is 4.42. The largest absolute Gasteiger partial charge is 0.346 e. The predicted octanol–water partition coefficient (Wildman–Crippen LogP) is 1.82. The lowest BCUT2D eigenvalue weighted by molar-refractivity contribution is -0.222. The summed E-state index contributed by atoms with van der Waals surface area (Å²) < 4.78 is 11.7. The standard InChI is InChI=1S/C12H16O3/c1-2-5-11-7-9-8-14-12(11,15-9)6-3-4-10(11)13/h2,9H,1,3-8H2/t9-,11-,12+/m0/s1. The first-order valence-electron chi connectivity index (χ1n) is 5.68. The number of ketones is 1. The normalized spacial score (nSPS) is 48.0. The third kappa shape index (κ3) is 1.00. The molecule has 15 heavy (non-hydrogen) atoms. The van der Waals surface area contributed by atoms with Crippen LogP contribution in [0.4, 0.5) is 0 Å². The molecule has 2 heterocycles. The third-order valence-corrected chi connectivity index (χ3v) is 4.10. The summed E-state index contributed by atoms with van der Waals surface area (Å²) in [4.78, 5) is 12.2. The highest BCUT2D eigenvalue weighted by Crippen LogP contribution is 2.59. The Bertz CT molecular complexity index is 325. The van der Waals surface area contributed by atoms with Crippen LogP contribution in [0.15, 0.2) is 12.7 Å². The first-order valence-corrected chi connectivity index (χ1v) is 5.68. The smallest absolute Gasteiger partial charge is 0.181 e. The van der Waals surface area contributed by atoms with Crippen molar-refractivity contribution < 1.29 is 14.3 Å². The van der Waals surface area contributed by atoms with E-state index in [1.54, 1.807) is 0 Å². The van der Waals surface area contributed by atoms with Gasteiger partial charge in [0.15, 0.2) is 5.79 Å². The maximum Gasteiger partial charge on any atom is 0.181 e. The van der Waals surface area contributed by atoms with Gasteiger partial charge in [-0.2, -0.15) is 0 Å². The maximum atomic E-state index is 12.2. The van der Waals surface area contributed by atoms with Crippen LogP contribution in [0.2, 0.25) is 0 Å². The summed E-state index contributed by atoms with van der Waals surface area (Å²) >= 11 is 0. The number of fused-ring (bicyclic) bond motifs is 1. The Balaban J connectivity index is 2.04. The number of ether oxygens (including phenoxy) is 2. The molecule has 0 aromatic carbocycles. The highest BCUT2D eigenvalue weighted by atomic mass is 16.8. The second kappa shape index (κ2) is 2.92. The molecule has 0 N–H and O–H groups in total. The zero-order valence-corrected chi connectivity index (χ0v) is 8.83. The Hall–Kier alpha value is -0.670. The van der Waals surface area contributed by atoms with E-state index in [0.717, 1.165) is 19.3 Å². The van der Waals surface area contributed by atoms with Crippen LogP contribution in [-0.4, -0.2) is 24.3 Å². The fourth-order valence-corrected chi connectivity index (χ4v) is 3.48. The quantitative estimate of drug-likeness (QED) is 0.649. The van der Waals surface area contributed by atoms with Gasteiger partial charge in [-0.05, 0) is 19.3 Å². The topological polar surface area (TPSA) is 35.5 Å². The van der Waals surface area contributed by atoms with Crippen molar-refractivity contribution in [1.29, 1.82) is 0 Å². The minimum Gasteiger partial charge on any atom is -0.346 e. The summed E-state index contributed by atoms with van der Waals surface area (Å²) in [7, 11) is 0. The van der Waals surface area contributed by atoms with Crippen molar-refractivity contribution in [3.05, 3.63) is 12.7 Å². The monoisotopic (exact) mass is 208 g/mol. The Morgan fingerprint density at radius 1 is 1.60 bits per heavy atom. The molecule has 2 aliphatic heterocycles. The van der Waals surface area contributed by atoms with Crippen LogP contribution in [0, 0.1) is 5.41 Å².